The second kappa shape index (κ2) is 2.64. The van der Waals surface area contributed by atoms with Gasteiger partial charge < -0.3 is 14.6 Å². The van der Waals surface area contributed by atoms with Crippen molar-refractivity contribution in [2.75, 3.05) is 0 Å². The SMILES string of the molecule is [18O]=Cc1ccc(C([18OH])[18OH])o1. The summed E-state index contributed by atoms with van der Waals surface area (Å²) in [5, 5.41) is 17.0. The van der Waals surface area contributed by atoms with Crippen molar-refractivity contribution in [3.63, 3.8) is 0 Å². The summed E-state index contributed by atoms with van der Waals surface area (Å²) < 4.78 is 4.63. The first-order valence-corrected chi connectivity index (χ1v) is 2.65. The summed E-state index contributed by atoms with van der Waals surface area (Å²) in [7, 11) is 0. The molecule has 1 rings (SSSR count). The van der Waals surface area contributed by atoms with Crippen molar-refractivity contribution in [1.29, 1.82) is 0 Å². The third-order valence-electron chi connectivity index (χ3n) is 1.02. The Morgan fingerprint density at radius 2 is 2.20 bits per heavy atom. The lowest BCUT2D eigenvalue weighted by molar-refractivity contribution is -0.0582. The average Bonchev–Trinajstić information content (AvgIpc) is 2.34. The van der Waals surface area contributed by atoms with Crippen molar-refractivity contribution in [2.24, 2.45) is 0 Å². The van der Waals surface area contributed by atoms with Gasteiger partial charge in [0.15, 0.2) is 17.8 Å². The number of carbonyl (C=O) groups excluding carboxylic acids is 1. The first kappa shape index (κ1) is 6.98. The Balaban J connectivity index is 2.88. The molecule has 54 valence electrons. The second-order valence-corrected chi connectivity index (χ2v) is 1.73. The van der Waals surface area contributed by atoms with Crippen LogP contribution in [-0.2, 0) is 0 Å². The highest BCUT2D eigenvalue weighted by Crippen LogP contribution is 2.11. The van der Waals surface area contributed by atoms with Gasteiger partial charge in [0.1, 0.15) is 0 Å². The Bertz CT molecular complexity index is 225. The van der Waals surface area contributed by atoms with Gasteiger partial charge in [0.25, 0.3) is 0 Å². The highest BCUT2D eigenvalue weighted by Gasteiger charge is 2.06. The third kappa shape index (κ3) is 1.23. The van der Waals surface area contributed by atoms with Gasteiger partial charge in [0.05, 0.1) is 0 Å². The monoisotopic (exact) mass is 148 g/mol. The van der Waals surface area contributed by atoms with E-state index in [1.165, 1.54) is 12.1 Å². The third-order valence-corrected chi connectivity index (χ3v) is 1.02. The van der Waals surface area contributed by atoms with E-state index in [4.69, 9.17) is 10.2 Å². The summed E-state index contributed by atoms with van der Waals surface area (Å²) >= 11 is 0. The minimum Gasteiger partial charge on any atom is -0.453 e. The Labute approximate surface area is 56.7 Å². The molecule has 0 radical (unpaired) electrons. The maximum absolute atomic E-state index is 9.99. The van der Waals surface area contributed by atoms with E-state index >= 15 is 0 Å². The molecule has 0 fully saturated rings. The molecule has 0 spiro atoms. The fourth-order valence-electron chi connectivity index (χ4n) is 0.571. The van der Waals surface area contributed by atoms with E-state index in [0.717, 1.165) is 0 Å². The number of carbonyl (C=O) groups is 1. The Morgan fingerprint density at radius 3 is 2.50 bits per heavy atom. The van der Waals surface area contributed by atoms with Gasteiger partial charge in [0, 0.05) is 0 Å². The molecular weight excluding hydrogens is 142 g/mol. The van der Waals surface area contributed by atoms with Crippen molar-refractivity contribution in [1.82, 2.24) is 0 Å². The normalized spacial score (nSPS) is 10.3. The fraction of sp³-hybridized carbons (Fsp3) is 0.167. The lowest BCUT2D eigenvalue weighted by Gasteiger charge is -1.94. The van der Waals surface area contributed by atoms with E-state index in [-0.39, 0.29) is 11.5 Å². The molecule has 0 atom stereocenters. The van der Waals surface area contributed by atoms with Crippen LogP contribution in [0.5, 0.6) is 0 Å². The van der Waals surface area contributed by atoms with Crippen LogP contribution in [0.2, 0.25) is 0 Å². The van der Waals surface area contributed by atoms with Crippen molar-refractivity contribution >= 4 is 6.29 Å². The highest BCUT2D eigenvalue weighted by molar-refractivity contribution is 5.70. The largest absolute Gasteiger partial charge is 0.453 e. The Hall–Kier alpha value is -1.13. The molecule has 0 aliphatic carbocycles. The van der Waals surface area contributed by atoms with Crippen molar-refractivity contribution in [2.45, 2.75) is 6.29 Å². The molecule has 1 heterocycles. The molecule has 4 nitrogen and oxygen atoms in total. The zero-order chi connectivity index (χ0) is 7.56. The van der Waals surface area contributed by atoms with Crippen LogP contribution in [0.15, 0.2) is 16.5 Å². The van der Waals surface area contributed by atoms with Crippen LogP contribution in [-0.4, -0.2) is 16.5 Å². The molecule has 0 aromatic carbocycles. The molecule has 0 bridgehead atoms. The van der Waals surface area contributed by atoms with E-state index in [2.05, 4.69) is 4.42 Å². The zero-order valence-electron chi connectivity index (χ0n) is 5.02. The molecule has 0 saturated heterocycles. The van der Waals surface area contributed by atoms with Gasteiger partial charge in [-0.15, -0.1) is 0 Å². The van der Waals surface area contributed by atoms with Crippen molar-refractivity contribution in [3.8, 4) is 0 Å². The predicted molar refractivity (Wildman–Crippen MR) is 31.3 cm³/mol. The summed E-state index contributed by atoms with van der Waals surface area (Å²) in [5.41, 5.74) is 0. The fourth-order valence-corrected chi connectivity index (χ4v) is 0.571. The lowest BCUT2D eigenvalue weighted by Crippen LogP contribution is -1.90. The van der Waals surface area contributed by atoms with Crippen LogP contribution >= 0.6 is 0 Å². The van der Waals surface area contributed by atoms with E-state index < -0.39 is 6.29 Å². The molecule has 0 unspecified atom stereocenters. The number of aliphatic hydroxyl groups is 2. The van der Waals surface area contributed by atoms with Gasteiger partial charge in [-0.05, 0) is 12.1 Å². The van der Waals surface area contributed by atoms with Crippen molar-refractivity contribution in [3.05, 3.63) is 23.7 Å². The Kier molecular flexibility index (Phi) is 1.84. The van der Waals surface area contributed by atoms with Gasteiger partial charge in [-0.2, -0.15) is 0 Å². The van der Waals surface area contributed by atoms with Crippen LogP contribution in [0.1, 0.15) is 22.6 Å². The first-order valence-electron chi connectivity index (χ1n) is 2.65. The van der Waals surface area contributed by atoms with Crippen LogP contribution in [0, 0.1) is 0 Å². The van der Waals surface area contributed by atoms with Crippen LogP contribution in [0.25, 0.3) is 0 Å². The number of aldehydes is 1. The number of aliphatic hydroxyl groups excluding tert-OH is 1. The molecule has 10 heavy (non-hydrogen) atoms. The standard InChI is InChI=1S/C6H6O4/c7-3-4-1-2-5(10-4)6(8)9/h1-3,6,8-9H/i7+2,8+2,9+2. The highest BCUT2D eigenvalue weighted by atomic mass is 18.3. The molecule has 4 heteroatoms. The number of rotatable bonds is 2. The summed E-state index contributed by atoms with van der Waals surface area (Å²) in [6.07, 6.45) is -1.15. The smallest absolute Gasteiger partial charge is 0.212 e. The van der Waals surface area contributed by atoms with Crippen molar-refractivity contribution < 1.29 is 19.4 Å². The number of hydrogen-bond acceptors (Lipinski definition) is 4. The van der Waals surface area contributed by atoms with Crippen LogP contribution < -0.4 is 0 Å². The summed E-state index contributed by atoms with van der Waals surface area (Å²) in [6, 6.07) is 2.69. The zero-order valence-corrected chi connectivity index (χ0v) is 5.02. The van der Waals surface area contributed by atoms with Gasteiger partial charge in [0.2, 0.25) is 6.29 Å². The van der Waals surface area contributed by atoms with E-state index in [1.54, 1.807) is 0 Å². The van der Waals surface area contributed by atoms with Crippen LogP contribution in [0.4, 0.5) is 0 Å². The molecular formula is C6H6O4. The number of furan rings is 1. The lowest BCUT2D eigenvalue weighted by atomic mass is 10.4. The second-order valence-electron chi connectivity index (χ2n) is 1.73. The van der Waals surface area contributed by atoms with Gasteiger partial charge >= 0.3 is 0 Å². The molecule has 1 aromatic rings. The molecule has 0 saturated carbocycles. The van der Waals surface area contributed by atoms with Gasteiger partial charge in [-0.25, -0.2) is 0 Å². The maximum atomic E-state index is 9.99. The van der Waals surface area contributed by atoms with Gasteiger partial charge in [-0.1, -0.05) is 0 Å². The minimum atomic E-state index is -1.64. The van der Waals surface area contributed by atoms with Gasteiger partial charge in [-0.3, -0.25) is 4.79 Å². The van der Waals surface area contributed by atoms with E-state index in [0.29, 0.717) is 6.29 Å². The first-order chi connectivity index (χ1) is 4.74. The minimum absolute atomic E-state index is 0.0258. The molecule has 0 aliphatic rings. The molecule has 0 aliphatic heterocycles. The maximum Gasteiger partial charge on any atom is 0.212 e. The molecule has 1 aromatic heterocycles. The Morgan fingerprint density at radius 1 is 1.50 bits per heavy atom. The quantitative estimate of drug-likeness (QED) is 0.354. The average molecular weight is 148 g/mol. The summed E-state index contributed by atoms with van der Waals surface area (Å²) in [4.78, 5) is 9.99. The summed E-state index contributed by atoms with van der Waals surface area (Å²) in [6.45, 7) is 0. The topological polar surface area (TPSA) is 70.7 Å². The summed E-state index contributed by atoms with van der Waals surface area (Å²) in [5.74, 6) is 0.0604. The number of hydrogen-bond donors (Lipinski definition) is 2. The van der Waals surface area contributed by atoms with Crippen LogP contribution in [0.3, 0.4) is 0 Å². The van der Waals surface area contributed by atoms with E-state index in [9.17, 15) is 4.79 Å². The predicted octanol–water partition coefficient (Wildman–Crippen LogP) is 0.0753. The van der Waals surface area contributed by atoms with E-state index in [1.807, 2.05) is 0 Å². The molecule has 0 amide bonds. The molecule has 2 N–H and O–H groups in total.